The Kier molecular flexibility index (Phi) is 2.42. The summed E-state index contributed by atoms with van der Waals surface area (Å²) in [5, 5.41) is 0. The topological polar surface area (TPSA) is 68.9 Å². The fraction of sp³-hybridized carbons (Fsp3) is 0.545. The maximum atomic E-state index is 11.3. The predicted molar refractivity (Wildman–Crippen MR) is 56.6 cm³/mol. The van der Waals surface area contributed by atoms with Crippen LogP contribution in [-0.2, 0) is 6.42 Å². The summed E-state index contributed by atoms with van der Waals surface area (Å²) in [6.45, 7) is 3.90. The van der Waals surface area contributed by atoms with Crippen LogP contribution in [0.5, 0.6) is 0 Å². The summed E-state index contributed by atoms with van der Waals surface area (Å²) in [7, 11) is 0. The molecule has 80 valence electrons. The molecule has 1 atom stereocenters. The average Bonchev–Trinajstić information content (AvgIpc) is 2.16. The van der Waals surface area contributed by atoms with E-state index in [2.05, 4.69) is 16.9 Å². The first-order valence-electron chi connectivity index (χ1n) is 5.27. The number of rotatable bonds is 1. The third kappa shape index (κ3) is 1.71. The van der Waals surface area contributed by atoms with Crippen molar-refractivity contribution in [2.24, 2.45) is 5.73 Å². The number of nitrogens with zero attached hydrogens (tertiary/aromatic N) is 2. The second-order valence-corrected chi connectivity index (χ2v) is 4.14. The van der Waals surface area contributed by atoms with Gasteiger partial charge in [-0.3, -0.25) is 4.79 Å². The minimum atomic E-state index is -0.439. The molecule has 1 aromatic rings. The maximum Gasteiger partial charge on any atom is 0.267 e. The van der Waals surface area contributed by atoms with Crippen molar-refractivity contribution in [1.82, 2.24) is 9.97 Å². The average molecular weight is 205 g/mol. The van der Waals surface area contributed by atoms with Crippen LogP contribution in [0.25, 0.3) is 0 Å². The van der Waals surface area contributed by atoms with Gasteiger partial charge in [0.2, 0.25) is 0 Å². The van der Waals surface area contributed by atoms with Crippen LogP contribution in [0.2, 0.25) is 0 Å². The minimum absolute atomic E-state index is 0.344. The third-order valence-corrected chi connectivity index (χ3v) is 2.91. The number of carbonyl (C=O) groups is 1. The van der Waals surface area contributed by atoms with E-state index in [1.807, 2.05) is 0 Å². The molecule has 0 fully saturated rings. The molecule has 0 aromatic carbocycles. The zero-order valence-corrected chi connectivity index (χ0v) is 9.08. The highest BCUT2D eigenvalue weighted by atomic mass is 16.1. The number of aromatic nitrogens is 2. The molecule has 1 unspecified atom stereocenters. The quantitative estimate of drug-likeness (QED) is 0.751. The Labute approximate surface area is 88.9 Å². The van der Waals surface area contributed by atoms with E-state index in [4.69, 9.17) is 5.73 Å². The Morgan fingerprint density at radius 2 is 2.20 bits per heavy atom. The summed E-state index contributed by atoms with van der Waals surface area (Å²) < 4.78 is 0. The molecule has 1 aliphatic carbocycles. The molecule has 4 heteroatoms. The lowest BCUT2D eigenvalue weighted by atomic mass is 9.85. The van der Waals surface area contributed by atoms with Crippen LogP contribution in [0.1, 0.15) is 53.3 Å². The van der Waals surface area contributed by atoms with Gasteiger partial charge in [0.25, 0.3) is 5.91 Å². The highest BCUT2D eigenvalue weighted by Crippen LogP contribution is 2.31. The molecule has 0 radical (unpaired) electrons. The summed E-state index contributed by atoms with van der Waals surface area (Å²) in [6.07, 6.45) is 3.14. The number of fused-ring (bicyclic) bond motifs is 1. The van der Waals surface area contributed by atoms with Crippen molar-refractivity contribution in [3.05, 3.63) is 22.8 Å². The van der Waals surface area contributed by atoms with Gasteiger partial charge in [0.05, 0.1) is 0 Å². The van der Waals surface area contributed by atoms with Crippen LogP contribution in [-0.4, -0.2) is 15.9 Å². The minimum Gasteiger partial charge on any atom is -0.364 e. The number of carbonyl (C=O) groups excluding carboxylic acids is 1. The number of amides is 1. The van der Waals surface area contributed by atoms with Gasteiger partial charge in [0.1, 0.15) is 11.5 Å². The van der Waals surface area contributed by atoms with E-state index in [0.29, 0.717) is 17.4 Å². The Balaban J connectivity index is 2.63. The molecule has 0 aliphatic heterocycles. The molecular formula is C11H15N3O. The maximum absolute atomic E-state index is 11.3. The number of aryl methyl sites for hydroxylation is 2. The third-order valence-electron chi connectivity index (χ3n) is 2.91. The van der Waals surface area contributed by atoms with Gasteiger partial charge in [0, 0.05) is 11.3 Å². The highest BCUT2D eigenvalue weighted by Gasteiger charge is 2.24. The normalized spacial score (nSPS) is 19.7. The van der Waals surface area contributed by atoms with Gasteiger partial charge in [-0.1, -0.05) is 6.92 Å². The fourth-order valence-electron chi connectivity index (χ4n) is 2.26. The molecule has 1 heterocycles. The van der Waals surface area contributed by atoms with E-state index in [0.717, 1.165) is 30.5 Å². The summed E-state index contributed by atoms with van der Waals surface area (Å²) in [4.78, 5) is 19.8. The lowest BCUT2D eigenvalue weighted by Gasteiger charge is -2.23. The first-order chi connectivity index (χ1) is 7.09. The van der Waals surface area contributed by atoms with Crippen LogP contribution < -0.4 is 5.73 Å². The molecule has 2 rings (SSSR count). The van der Waals surface area contributed by atoms with Crippen molar-refractivity contribution in [2.75, 3.05) is 0 Å². The molecule has 0 bridgehead atoms. The fourth-order valence-corrected chi connectivity index (χ4v) is 2.26. The van der Waals surface area contributed by atoms with Gasteiger partial charge in [-0.25, -0.2) is 9.97 Å². The van der Waals surface area contributed by atoms with Crippen molar-refractivity contribution in [3.63, 3.8) is 0 Å². The molecule has 0 spiro atoms. The lowest BCUT2D eigenvalue weighted by Crippen LogP contribution is -2.22. The highest BCUT2D eigenvalue weighted by molar-refractivity contribution is 5.92. The molecule has 1 amide bonds. The van der Waals surface area contributed by atoms with Crippen LogP contribution >= 0.6 is 0 Å². The molecular weight excluding hydrogens is 190 g/mol. The van der Waals surface area contributed by atoms with Crippen molar-refractivity contribution in [1.29, 1.82) is 0 Å². The molecule has 1 aliphatic rings. The van der Waals surface area contributed by atoms with Crippen molar-refractivity contribution < 1.29 is 4.79 Å². The second-order valence-electron chi connectivity index (χ2n) is 4.14. The SMILES string of the molecule is Cc1nc2c(c(C(N)=O)n1)C(C)CCC2. The first-order valence-corrected chi connectivity index (χ1v) is 5.27. The summed E-state index contributed by atoms with van der Waals surface area (Å²) in [5.41, 5.74) is 7.74. The van der Waals surface area contributed by atoms with E-state index < -0.39 is 5.91 Å². The molecule has 2 N–H and O–H groups in total. The first kappa shape index (κ1) is 10.1. The predicted octanol–water partition coefficient (Wildman–Crippen LogP) is 1.32. The largest absolute Gasteiger partial charge is 0.364 e. The van der Waals surface area contributed by atoms with Gasteiger partial charge in [0.15, 0.2) is 0 Å². The van der Waals surface area contributed by atoms with Gasteiger partial charge in [-0.05, 0) is 32.1 Å². The summed E-state index contributed by atoms with van der Waals surface area (Å²) in [5.74, 6) is 0.541. The zero-order chi connectivity index (χ0) is 11.0. The van der Waals surface area contributed by atoms with Crippen LogP contribution in [0.3, 0.4) is 0 Å². The Hall–Kier alpha value is -1.45. The molecule has 15 heavy (non-hydrogen) atoms. The zero-order valence-electron chi connectivity index (χ0n) is 9.08. The molecule has 0 saturated carbocycles. The number of hydrogen-bond donors (Lipinski definition) is 1. The van der Waals surface area contributed by atoms with Gasteiger partial charge in [-0.15, -0.1) is 0 Å². The van der Waals surface area contributed by atoms with E-state index in [9.17, 15) is 4.79 Å². The van der Waals surface area contributed by atoms with Gasteiger partial charge < -0.3 is 5.73 Å². The molecule has 1 aromatic heterocycles. The van der Waals surface area contributed by atoms with Gasteiger partial charge in [-0.2, -0.15) is 0 Å². The van der Waals surface area contributed by atoms with Gasteiger partial charge >= 0.3 is 0 Å². The van der Waals surface area contributed by atoms with Crippen LogP contribution in [0.15, 0.2) is 0 Å². The van der Waals surface area contributed by atoms with Crippen molar-refractivity contribution in [3.8, 4) is 0 Å². The number of primary amides is 1. The van der Waals surface area contributed by atoms with E-state index in [1.165, 1.54) is 0 Å². The Morgan fingerprint density at radius 3 is 2.87 bits per heavy atom. The number of hydrogen-bond acceptors (Lipinski definition) is 3. The van der Waals surface area contributed by atoms with E-state index in [-0.39, 0.29) is 0 Å². The molecule has 0 saturated heterocycles. The van der Waals surface area contributed by atoms with E-state index >= 15 is 0 Å². The Bertz CT molecular complexity index is 415. The summed E-state index contributed by atoms with van der Waals surface area (Å²) >= 11 is 0. The number of nitrogens with two attached hydrogens (primary N) is 1. The van der Waals surface area contributed by atoms with E-state index in [1.54, 1.807) is 6.92 Å². The van der Waals surface area contributed by atoms with Crippen molar-refractivity contribution in [2.45, 2.75) is 39.0 Å². The monoisotopic (exact) mass is 205 g/mol. The second kappa shape index (κ2) is 3.61. The van der Waals surface area contributed by atoms with Crippen LogP contribution in [0.4, 0.5) is 0 Å². The lowest BCUT2D eigenvalue weighted by molar-refractivity contribution is 0.0993. The smallest absolute Gasteiger partial charge is 0.267 e. The summed E-state index contributed by atoms with van der Waals surface area (Å²) in [6, 6.07) is 0. The standard InChI is InChI=1S/C11H15N3O/c1-6-4-3-5-8-9(6)10(11(12)15)14-7(2)13-8/h6H,3-5H2,1-2H3,(H2,12,15). The molecule has 4 nitrogen and oxygen atoms in total. The Morgan fingerprint density at radius 1 is 1.47 bits per heavy atom. The van der Waals surface area contributed by atoms with Crippen molar-refractivity contribution >= 4 is 5.91 Å². The van der Waals surface area contributed by atoms with Crippen LogP contribution in [0, 0.1) is 6.92 Å².